The Bertz CT molecular complexity index is 1120. The van der Waals surface area contributed by atoms with Crippen LogP contribution >= 0.6 is 11.6 Å². The van der Waals surface area contributed by atoms with Crippen molar-refractivity contribution in [3.63, 3.8) is 0 Å². The first kappa shape index (κ1) is 19.2. The number of rotatable bonds is 4. The zero-order valence-corrected chi connectivity index (χ0v) is 16.3. The van der Waals surface area contributed by atoms with Crippen LogP contribution in [0.15, 0.2) is 65.5 Å². The molecule has 1 atom stereocenters. The summed E-state index contributed by atoms with van der Waals surface area (Å²) in [5.74, 6) is -0.579. The lowest BCUT2D eigenvalue weighted by Crippen LogP contribution is -2.34. The number of benzene rings is 2. The molecule has 0 saturated heterocycles. The maximum absolute atomic E-state index is 13.0. The molecule has 1 aliphatic rings. The third-order valence-corrected chi connectivity index (χ3v) is 5.36. The number of aromatic amines is 1. The molecule has 2 aromatic carbocycles. The van der Waals surface area contributed by atoms with E-state index in [1.54, 1.807) is 12.1 Å². The Kier molecular flexibility index (Phi) is 5.32. The Morgan fingerprint density at radius 1 is 0.966 bits per heavy atom. The van der Waals surface area contributed by atoms with Crippen molar-refractivity contribution in [2.75, 3.05) is 0 Å². The molecule has 0 saturated carbocycles. The summed E-state index contributed by atoms with van der Waals surface area (Å²) >= 11 is 6.00. The van der Waals surface area contributed by atoms with Gasteiger partial charge < -0.3 is 10.3 Å². The molecule has 0 unspecified atom stereocenters. The average Bonchev–Trinajstić information content (AvgIpc) is 2.73. The molecule has 4 rings (SSSR count). The smallest absolute Gasteiger partial charge is 0.261 e. The van der Waals surface area contributed by atoms with Crippen molar-refractivity contribution in [2.24, 2.45) is 0 Å². The Morgan fingerprint density at radius 2 is 1.66 bits per heavy atom. The van der Waals surface area contributed by atoms with Gasteiger partial charge in [-0.3, -0.25) is 14.4 Å². The number of hydrogen-bond acceptors (Lipinski definition) is 3. The molecule has 1 aromatic heterocycles. The fourth-order valence-electron chi connectivity index (χ4n) is 3.61. The van der Waals surface area contributed by atoms with E-state index in [0.717, 1.165) is 11.1 Å². The number of carbonyl (C=O) groups excluding carboxylic acids is 2. The van der Waals surface area contributed by atoms with Crippen molar-refractivity contribution >= 4 is 23.3 Å². The van der Waals surface area contributed by atoms with Crippen molar-refractivity contribution in [1.82, 2.24) is 10.3 Å². The monoisotopic (exact) mass is 406 g/mol. The summed E-state index contributed by atoms with van der Waals surface area (Å²) in [6.07, 6.45) is 1.77. The van der Waals surface area contributed by atoms with Gasteiger partial charge in [0.05, 0.1) is 6.04 Å². The van der Waals surface area contributed by atoms with Crippen molar-refractivity contribution < 1.29 is 9.59 Å². The second-order valence-corrected chi connectivity index (χ2v) is 7.49. The maximum atomic E-state index is 13.0. The van der Waals surface area contributed by atoms with Crippen LogP contribution in [0.5, 0.6) is 0 Å². The lowest BCUT2D eigenvalue weighted by atomic mass is 9.93. The van der Waals surface area contributed by atoms with Crippen LogP contribution in [0.3, 0.4) is 0 Å². The summed E-state index contributed by atoms with van der Waals surface area (Å²) < 4.78 is 0. The zero-order chi connectivity index (χ0) is 20.4. The quantitative estimate of drug-likeness (QED) is 0.685. The van der Waals surface area contributed by atoms with Gasteiger partial charge in [0.2, 0.25) is 0 Å². The largest absolute Gasteiger partial charge is 0.341 e. The standard InChI is InChI=1S/C23H19ClN2O3/c24-16-11-9-15(10-12-16)21(14-5-2-1-3-6-14)26-23(29)18-13-17-19(25-22(18)28)7-4-8-20(17)27/h1-3,5-6,9-13,21H,4,7-8H2,(H,25,28)(H,26,29)/t21-/m1/s1. The molecule has 2 N–H and O–H groups in total. The molecule has 1 amide bonds. The summed E-state index contributed by atoms with van der Waals surface area (Å²) in [6.45, 7) is 0. The van der Waals surface area contributed by atoms with Crippen molar-refractivity contribution in [3.05, 3.63) is 104 Å². The zero-order valence-electron chi connectivity index (χ0n) is 15.6. The Morgan fingerprint density at radius 3 is 2.38 bits per heavy atom. The third-order valence-electron chi connectivity index (χ3n) is 5.11. The Hall–Kier alpha value is -3.18. The number of pyridine rings is 1. The van der Waals surface area contributed by atoms with E-state index in [0.29, 0.717) is 35.5 Å². The van der Waals surface area contributed by atoms with E-state index in [1.807, 2.05) is 42.5 Å². The minimum absolute atomic E-state index is 0.0474. The van der Waals surface area contributed by atoms with Gasteiger partial charge in [0.25, 0.3) is 11.5 Å². The first-order valence-corrected chi connectivity index (χ1v) is 9.81. The molecule has 0 bridgehead atoms. The highest BCUT2D eigenvalue weighted by Crippen LogP contribution is 2.24. The van der Waals surface area contributed by atoms with Crippen LogP contribution in [0.4, 0.5) is 0 Å². The molecular weight excluding hydrogens is 388 g/mol. The number of nitrogens with one attached hydrogen (secondary N) is 2. The molecule has 0 fully saturated rings. The SMILES string of the molecule is O=C1CCCc2[nH]c(=O)c(C(=O)N[C@H](c3ccccc3)c3ccc(Cl)cc3)cc21. The van der Waals surface area contributed by atoms with Crippen LogP contribution in [0.25, 0.3) is 0 Å². The minimum atomic E-state index is -0.531. The van der Waals surface area contributed by atoms with E-state index < -0.39 is 17.5 Å². The highest BCUT2D eigenvalue weighted by atomic mass is 35.5. The summed E-state index contributed by atoms with van der Waals surface area (Å²) in [6, 6.07) is 17.6. The van der Waals surface area contributed by atoms with Crippen molar-refractivity contribution in [1.29, 1.82) is 0 Å². The Labute approximate surface area is 172 Å². The fraction of sp³-hybridized carbons (Fsp3) is 0.174. The summed E-state index contributed by atoms with van der Waals surface area (Å²) in [7, 11) is 0. The highest BCUT2D eigenvalue weighted by molar-refractivity contribution is 6.30. The van der Waals surface area contributed by atoms with Crippen LogP contribution in [0.1, 0.15) is 56.4 Å². The molecule has 1 aliphatic carbocycles. The number of carbonyl (C=O) groups is 2. The maximum Gasteiger partial charge on any atom is 0.261 e. The lowest BCUT2D eigenvalue weighted by Gasteiger charge is -2.21. The molecule has 6 heteroatoms. The predicted molar refractivity (Wildman–Crippen MR) is 112 cm³/mol. The molecule has 1 heterocycles. The fourth-order valence-corrected chi connectivity index (χ4v) is 3.74. The predicted octanol–water partition coefficient (Wildman–Crippen LogP) is 4.07. The second-order valence-electron chi connectivity index (χ2n) is 7.05. The highest BCUT2D eigenvalue weighted by Gasteiger charge is 2.24. The second kappa shape index (κ2) is 8.05. The van der Waals surface area contributed by atoms with Crippen molar-refractivity contribution in [3.8, 4) is 0 Å². The number of halogens is 1. The van der Waals surface area contributed by atoms with Gasteiger partial charge in [0, 0.05) is 22.7 Å². The third kappa shape index (κ3) is 4.00. The molecule has 0 aliphatic heterocycles. The minimum Gasteiger partial charge on any atom is -0.341 e. The van der Waals surface area contributed by atoms with Gasteiger partial charge >= 0.3 is 0 Å². The van der Waals surface area contributed by atoms with E-state index in [9.17, 15) is 14.4 Å². The number of H-pyrrole nitrogens is 1. The van der Waals surface area contributed by atoms with E-state index in [-0.39, 0.29) is 11.3 Å². The lowest BCUT2D eigenvalue weighted by molar-refractivity contribution is 0.0941. The van der Waals surface area contributed by atoms with Crippen molar-refractivity contribution in [2.45, 2.75) is 25.3 Å². The van der Waals surface area contributed by atoms with Crippen LogP contribution in [0, 0.1) is 0 Å². The van der Waals surface area contributed by atoms with Gasteiger partial charge in [-0.1, -0.05) is 54.1 Å². The van der Waals surface area contributed by atoms with Gasteiger partial charge in [-0.25, -0.2) is 0 Å². The number of aryl methyl sites for hydroxylation is 1. The first-order valence-electron chi connectivity index (χ1n) is 9.43. The molecular formula is C23H19ClN2O3. The molecule has 5 nitrogen and oxygen atoms in total. The van der Waals surface area contributed by atoms with Crippen LogP contribution < -0.4 is 10.9 Å². The number of ketones is 1. The number of fused-ring (bicyclic) bond motifs is 1. The van der Waals surface area contributed by atoms with Gasteiger partial charge in [0.1, 0.15) is 5.56 Å². The summed E-state index contributed by atoms with van der Waals surface area (Å²) in [4.78, 5) is 40.4. The topological polar surface area (TPSA) is 79.0 Å². The van der Waals surface area contributed by atoms with Crippen LogP contribution in [0.2, 0.25) is 5.02 Å². The van der Waals surface area contributed by atoms with E-state index in [2.05, 4.69) is 10.3 Å². The average molecular weight is 407 g/mol. The summed E-state index contributed by atoms with van der Waals surface area (Å²) in [5, 5.41) is 3.53. The summed E-state index contributed by atoms with van der Waals surface area (Å²) in [5.41, 5.74) is 2.20. The van der Waals surface area contributed by atoms with Crippen LogP contribution in [-0.4, -0.2) is 16.7 Å². The molecule has 29 heavy (non-hydrogen) atoms. The number of amides is 1. The van der Waals surface area contributed by atoms with E-state index in [4.69, 9.17) is 11.6 Å². The normalized spacial score (nSPS) is 14.2. The molecule has 3 aromatic rings. The number of Topliss-reactive ketones (excluding diaryl/α,β-unsaturated/α-hetero) is 1. The molecule has 0 spiro atoms. The molecule has 0 radical (unpaired) electrons. The van der Waals surface area contributed by atoms with Gasteiger partial charge in [-0.2, -0.15) is 0 Å². The van der Waals surface area contributed by atoms with Crippen LogP contribution in [-0.2, 0) is 6.42 Å². The first-order chi connectivity index (χ1) is 14.0. The molecule has 146 valence electrons. The van der Waals surface area contributed by atoms with E-state index in [1.165, 1.54) is 6.07 Å². The number of aromatic nitrogens is 1. The van der Waals surface area contributed by atoms with Gasteiger partial charge in [-0.05, 0) is 42.2 Å². The van der Waals surface area contributed by atoms with Gasteiger partial charge in [0.15, 0.2) is 5.78 Å². The Balaban J connectivity index is 1.70. The number of hydrogen-bond donors (Lipinski definition) is 2. The van der Waals surface area contributed by atoms with Gasteiger partial charge in [-0.15, -0.1) is 0 Å². The van der Waals surface area contributed by atoms with E-state index >= 15 is 0 Å².